The summed E-state index contributed by atoms with van der Waals surface area (Å²) in [5.74, 6) is 2.44. The van der Waals surface area contributed by atoms with Crippen LogP contribution in [0.4, 0.5) is 0 Å². The highest BCUT2D eigenvalue weighted by Crippen LogP contribution is 2.34. The third-order valence-electron chi connectivity index (χ3n) is 4.85. The van der Waals surface area contributed by atoms with Crippen LogP contribution >= 0.6 is 34.6 Å². The molecule has 3 atom stereocenters. The number of rotatable bonds is 5. The van der Waals surface area contributed by atoms with E-state index in [0.717, 1.165) is 50.6 Å². The Morgan fingerprint density at radius 1 is 1.30 bits per heavy atom. The predicted octanol–water partition coefficient (Wildman–Crippen LogP) is 1.71. The maximum atomic E-state index is 12.2. The summed E-state index contributed by atoms with van der Waals surface area (Å²) in [6.45, 7) is 7.45. The zero-order chi connectivity index (χ0) is 16.2. The van der Waals surface area contributed by atoms with Gasteiger partial charge in [-0.3, -0.25) is 4.79 Å². The zero-order valence-corrected chi connectivity index (χ0v) is 16.4. The normalized spacial score (nSPS) is 30.6. The fourth-order valence-electron chi connectivity index (χ4n) is 3.49. The average molecular weight is 448 g/mol. The minimum Gasteiger partial charge on any atom is -0.360 e. The van der Waals surface area contributed by atoms with Gasteiger partial charge in [0.1, 0.15) is 5.82 Å². The molecule has 0 aliphatic carbocycles. The summed E-state index contributed by atoms with van der Waals surface area (Å²) in [5.41, 5.74) is 2.92. The van der Waals surface area contributed by atoms with Crippen LogP contribution in [0.3, 0.4) is 0 Å². The number of nitrogens with zero attached hydrogens (tertiary/aromatic N) is 2. The SMILES string of the molecule is C=C=C1N[C@H]2[C@H](CS[C@H]2CCCCC(=O)N2CCN(I)CC2)N1. The van der Waals surface area contributed by atoms with Gasteiger partial charge in [0.25, 0.3) is 0 Å². The van der Waals surface area contributed by atoms with Gasteiger partial charge in [-0.15, -0.1) is 0 Å². The lowest BCUT2D eigenvalue weighted by molar-refractivity contribution is -0.132. The predicted molar refractivity (Wildman–Crippen MR) is 103 cm³/mol. The Morgan fingerprint density at radius 2 is 2.09 bits per heavy atom. The lowest BCUT2D eigenvalue weighted by Crippen LogP contribution is -2.45. The van der Waals surface area contributed by atoms with Gasteiger partial charge in [0, 0.05) is 66.5 Å². The maximum absolute atomic E-state index is 12.2. The second-order valence-corrected chi connectivity index (χ2v) is 9.02. The molecule has 5 nitrogen and oxygen atoms in total. The first kappa shape index (κ1) is 17.5. The van der Waals surface area contributed by atoms with Crippen LogP contribution in [0.1, 0.15) is 25.7 Å². The van der Waals surface area contributed by atoms with Gasteiger partial charge in [0.05, 0.1) is 12.1 Å². The standard InChI is InChI=1S/C16H25IN4OS/c1-2-14-18-12-11-23-13(16(12)19-14)5-3-4-6-15(22)20-7-9-21(17)10-8-20/h12-13,16,18-19H,1,3-11H2/t12-,13-,16-/m0/s1. The number of carbonyl (C=O) groups excluding carboxylic acids is 1. The lowest BCUT2D eigenvalue weighted by Gasteiger charge is -2.31. The first-order chi connectivity index (χ1) is 11.2. The van der Waals surface area contributed by atoms with E-state index in [1.165, 1.54) is 6.42 Å². The first-order valence-electron chi connectivity index (χ1n) is 8.40. The number of piperazine rings is 1. The molecule has 1 amide bonds. The number of nitrogens with one attached hydrogen (secondary N) is 2. The van der Waals surface area contributed by atoms with Crippen molar-refractivity contribution in [2.24, 2.45) is 0 Å². The molecule has 0 bridgehead atoms. The summed E-state index contributed by atoms with van der Waals surface area (Å²) in [4.78, 5) is 14.3. The number of carbonyl (C=O) groups is 1. The molecule has 0 aromatic rings. The number of hydrogen-bond donors (Lipinski definition) is 2. The third kappa shape index (κ3) is 4.38. The fourth-order valence-corrected chi connectivity index (χ4v) is 5.46. The fraction of sp³-hybridized carbons (Fsp3) is 0.750. The minimum atomic E-state index is 0.337. The molecule has 3 aliphatic rings. The van der Waals surface area contributed by atoms with E-state index in [1.54, 1.807) is 0 Å². The zero-order valence-electron chi connectivity index (χ0n) is 13.4. The molecule has 2 N–H and O–H groups in total. The lowest BCUT2D eigenvalue weighted by atomic mass is 10.0. The molecule has 23 heavy (non-hydrogen) atoms. The van der Waals surface area contributed by atoms with E-state index in [4.69, 9.17) is 0 Å². The van der Waals surface area contributed by atoms with E-state index in [-0.39, 0.29) is 0 Å². The van der Waals surface area contributed by atoms with Gasteiger partial charge in [-0.25, -0.2) is 3.11 Å². The molecule has 3 rings (SSSR count). The molecule has 0 aromatic carbocycles. The van der Waals surface area contributed by atoms with Crippen molar-refractivity contribution in [3.8, 4) is 0 Å². The topological polar surface area (TPSA) is 47.6 Å². The number of unbranched alkanes of at least 4 members (excludes halogenated alkanes) is 1. The summed E-state index contributed by atoms with van der Waals surface area (Å²) in [7, 11) is 0. The smallest absolute Gasteiger partial charge is 0.222 e. The third-order valence-corrected chi connectivity index (χ3v) is 7.32. The van der Waals surface area contributed by atoms with Gasteiger partial charge in [-0.05, 0) is 12.8 Å². The number of hydrogen-bond acceptors (Lipinski definition) is 5. The van der Waals surface area contributed by atoms with Crippen molar-refractivity contribution in [2.75, 3.05) is 31.9 Å². The van der Waals surface area contributed by atoms with E-state index in [1.807, 2.05) is 16.7 Å². The summed E-state index contributed by atoms with van der Waals surface area (Å²) >= 11 is 4.38. The van der Waals surface area contributed by atoms with E-state index in [2.05, 4.69) is 48.9 Å². The molecule has 0 spiro atoms. The van der Waals surface area contributed by atoms with Crippen molar-refractivity contribution in [1.29, 1.82) is 0 Å². The van der Waals surface area contributed by atoms with Crippen LogP contribution in [-0.4, -0.2) is 63.2 Å². The van der Waals surface area contributed by atoms with Crippen LogP contribution in [0.25, 0.3) is 0 Å². The van der Waals surface area contributed by atoms with Crippen LogP contribution in [0.15, 0.2) is 18.1 Å². The summed E-state index contributed by atoms with van der Waals surface area (Å²) < 4.78 is 2.25. The Balaban J connectivity index is 1.34. The second kappa shape index (κ2) is 8.14. The van der Waals surface area contributed by atoms with Crippen molar-refractivity contribution < 1.29 is 4.79 Å². The Hall–Kier alpha value is -0.370. The molecule has 3 saturated heterocycles. The summed E-state index contributed by atoms with van der Waals surface area (Å²) in [6, 6.07) is 1.01. The Labute approximate surface area is 156 Å². The highest BCUT2D eigenvalue weighted by Gasteiger charge is 2.41. The van der Waals surface area contributed by atoms with E-state index < -0.39 is 0 Å². The van der Waals surface area contributed by atoms with Crippen LogP contribution in [0.2, 0.25) is 0 Å². The van der Waals surface area contributed by atoms with Gasteiger partial charge in [0.2, 0.25) is 5.91 Å². The highest BCUT2D eigenvalue weighted by atomic mass is 127. The Bertz CT molecular complexity index is 488. The van der Waals surface area contributed by atoms with Crippen LogP contribution < -0.4 is 10.6 Å². The van der Waals surface area contributed by atoms with E-state index in [0.29, 0.717) is 29.7 Å². The highest BCUT2D eigenvalue weighted by molar-refractivity contribution is 14.1. The molecule has 0 aromatic heterocycles. The summed E-state index contributed by atoms with van der Waals surface area (Å²) in [5, 5.41) is 7.56. The van der Waals surface area contributed by atoms with Gasteiger partial charge < -0.3 is 15.5 Å². The molecule has 128 valence electrons. The van der Waals surface area contributed by atoms with Gasteiger partial charge in [-0.1, -0.05) is 18.7 Å². The van der Waals surface area contributed by atoms with E-state index in [9.17, 15) is 4.79 Å². The minimum absolute atomic E-state index is 0.337. The molecule has 0 unspecified atom stereocenters. The molecule has 0 radical (unpaired) electrons. The molecule has 3 aliphatic heterocycles. The largest absolute Gasteiger partial charge is 0.360 e. The number of halogens is 1. The molecule has 0 saturated carbocycles. The molecule has 7 heteroatoms. The van der Waals surface area contributed by atoms with Gasteiger partial charge >= 0.3 is 0 Å². The summed E-state index contributed by atoms with van der Waals surface area (Å²) in [6.07, 6.45) is 4.03. The Morgan fingerprint density at radius 3 is 2.83 bits per heavy atom. The molecular formula is C16H25IN4OS. The van der Waals surface area contributed by atoms with Crippen LogP contribution in [0.5, 0.6) is 0 Å². The number of fused-ring (bicyclic) bond motifs is 1. The number of thioether (sulfide) groups is 1. The van der Waals surface area contributed by atoms with E-state index >= 15 is 0 Å². The number of amides is 1. The van der Waals surface area contributed by atoms with Gasteiger partial charge in [0.15, 0.2) is 0 Å². The second-order valence-electron chi connectivity index (χ2n) is 6.38. The van der Waals surface area contributed by atoms with Crippen LogP contribution in [0, 0.1) is 0 Å². The molecule has 3 fully saturated rings. The molecular weight excluding hydrogens is 423 g/mol. The van der Waals surface area contributed by atoms with Crippen molar-refractivity contribution in [3.63, 3.8) is 0 Å². The maximum Gasteiger partial charge on any atom is 0.222 e. The molecule has 3 heterocycles. The average Bonchev–Trinajstić information content (AvgIpc) is 3.12. The van der Waals surface area contributed by atoms with Crippen molar-refractivity contribution >= 4 is 40.5 Å². The van der Waals surface area contributed by atoms with Gasteiger partial charge in [-0.2, -0.15) is 11.8 Å². The van der Waals surface area contributed by atoms with Crippen molar-refractivity contribution in [1.82, 2.24) is 18.6 Å². The van der Waals surface area contributed by atoms with Crippen molar-refractivity contribution in [3.05, 3.63) is 18.1 Å². The quantitative estimate of drug-likeness (QED) is 0.290. The van der Waals surface area contributed by atoms with Crippen LogP contribution in [-0.2, 0) is 4.79 Å². The first-order valence-corrected chi connectivity index (χ1v) is 10.4. The monoisotopic (exact) mass is 448 g/mol. The van der Waals surface area contributed by atoms with Crippen molar-refractivity contribution in [2.45, 2.75) is 43.0 Å². The Kier molecular flexibility index (Phi) is 6.18.